The number of nitrogens with one attached hydrogen (secondary N) is 1. The molecule has 0 aliphatic carbocycles. The van der Waals surface area contributed by atoms with Crippen molar-refractivity contribution >= 4 is 18.3 Å². The van der Waals surface area contributed by atoms with Crippen molar-refractivity contribution in [3.05, 3.63) is 35.6 Å². The largest absolute Gasteiger partial charge is 0.351 e. The molecule has 1 aromatic carbocycles. The van der Waals surface area contributed by atoms with E-state index in [1.165, 1.54) is 18.2 Å². The topological polar surface area (TPSA) is 55.1 Å². The Morgan fingerprint density at radius 1 is 1.43 bits per heavy atom. The number of carbonyl (C=O) groups is 1. The van der Waals surface area contributed by atoms with Crippen molar-refractivity contribution in [2.45, 2.75) is 0 Å². The lowest BCUT2D eigenvalue weighted by atomic mass is 10.2. The maximum Gasteiger partial charge on any atom is 0.254 e. The predicted octanol–water partition coefficient (Wildman–Crippen LogP) is 0.936. The highest BCUT2D eigenvalue weighted by molar-refractivity contribution is 5.94. The van der Waals surface area contributed by atoms with Gasteiger partial charge in [-0.25, -0.2) is 4.39 Å². The molecule has 3 nitrogen and oxygen atoms in total. The van der Waals surface area contributed by atoms with Crippen LogP contribution in [0.2, 0.25) is 0 Å². The number of benzene rings is 1. The predicted molar refractivity (Wildman–Crippen MR) is 55.0 cm³/mol. The fraction of sp³-hybridized carbons (Fsp3) is 0.222. The fourth-order valence-corrected chi connectivity index (χ4v) is 0.926. The van der Waals surface area contributed by atoms with Gasteiger partial charge in [-0.05, 0) is 12.1 Å². The van der Waals surface area contributed by atoms with E-state index in [9.17, 15) is 9.18 Å². The van der Waals surface area contributed by atoms with Crippen LogP contribution in [0.25, 0.3) is 0 Å². The molecule has 0 aliphatic rings. The molecule has 0 heterocycles. The van der Waals surface area contributed by atoms with Gasteiger partial charge in [0.25, 0.3) is 5.91 Å². The van der Waals surface area contributed by atoms with E-state index in [1.807, 2.05) is 0 Å². The maximum atomic E-state index is 13.0. The van der Waals surface area contributed by atoms with Gasteiger partial charge >= 0.3 is 0 Å². The Hall–Kier alpha value is -1.13. The molecule has 0 bridgehead atoms. The Balaban J connectivity index is 0.00000169. The van der Waals surface area contributed by atoms with E-state index in [0.29, 0.717) is 13.1 Å². The van der Waals surface area contributed by atoms with Crippen LogP contribution in [0, 0.1) is 5.82 Å². The summed E-state index contributed by atoms with van der Waals surface area (Å²) in [5, 5.41) is 2.49. The summed E-state index contributed by atoms with van der Waals surface area (Å²) in [6, 6.07) is 5.83. The average molecular weight is 219 g/mol. The number of carbonyl (C=O) groups excluding carboxylic acids is 1. The highest BCUT2D eigenvalue weighted by Crippen LogP contribution is 2.05. The molecule has 3 N–H and O–H groups in total. The van der Waals surface area contributed by atoms with Crippen LogP contribution in [0.15, 0.2) is 24.3 Å². The molecule has 0 fully saturated rings. The minimum Gasteiger partial charge on any atom is -0.351 e. The summed E-state index contributed by atoms with van der Waals surface area (Å²) in [5.74, 6) is -0.944. The van der Waals surface area contributed by atoms with E-state index in [-0.39, 0.29) is 18.0 Å². The van der Waals surface area contributed by atoms with Gasteiger partial charge in [0.05, 0.1) is 5.56 Å². The molecule has 1 amide bonds. The molecule has 5 heteroatoms. The van der Waals surface area contributed by atoms with Gasteiger partial charge in [0.1, 0.15) is 5.82 Å². The first kappa shape index (κ1) is 12.9. The van der Waals surface area contributed by atoms with E-state index in [1.54, 1.807) is 6.07 Å². The van der Waals surface area contributed by atoms with Gasteiger partial charge in [-0.3, -0.25) is 4.79 Å². The summed E-state index contributed by atoms with van der Waals surface area (Å²) in [6.45, 7) is 0.702. The van der Waals surface area contributed by atoms with Gasteiger partial charge in [0.15, 0.2) is 0 Å². The third-order valence-corrected chi connectivity index (χ3v) is 1.55. The van der Waals surface area contributed by atoms with Crippen LogP contribution in [-0.2, 0) is 0 Å². The van der Waals surface area contributed by atoms with Crippen LogP contribution in [-0.4, -0.2) is 19.0 Å². The SMILES string of the molecule is Cl.NCCNC(=O)c1ccccc1F. The highest BCUT2D eigenvalue weighted by atomic mass is 35.5. The number of halogens is 2. The molecule has 0 spiro atoms. The Morgan fingerprint density at radius 3 is 2.64 bits per heavy atom. The van der Waals surface area contributed by atoms with Crippen LogP contribution in [0.3, 0.4) is 0 Å². The molecule has 0 aliphatic heterocycles. The van der Waals surface area contributed by atoms with Crippen LogP contribution >= 0.6 is 12.4 Å². The Labute approximate surface area is 87.9 Å². The normalized spacial score (nSPS) is 9.00. The lowest BCUT2D eigenvalue weighted by molar-refractivity contribution is 0.0951. The van der Waals surface area contributed by atoms with E-state index in [2.05, 4.69) is 5.32 Å². The molecular weight excluding hydrogens is 207 g/mol. The molecule has 0 unspecified atom stereocenters. The summed E-state index contributed by atoms with van der Waals surface area (Å²) in [5.41, 5.74) is 5.24. The Kier molecular flexibility index (Phi) is 5.83. The molecule has 14 heavy (non-hydrogen) atoms. The molecule has 78 valence electrons. The van der Waals surface area contributed by atoms with E-state index >= 15 is 0 Å². The van der Waals surface area contributed by atoms with Gasteiger partial charge in [-0.1, -0.05) is 12.1 Å². The maximum absolute atomic E-state index is 13.0. The van der Waals surface area contributed by atoms with Gasteiger partial charge in [0.2, 0.25) is 0 Å². The second-order valence-electron chi connectivity index (χ2n) is 2.52. The molecule has 0 atom stereocenters. The summed E-state index contributed by atoms with van der Waals surface area (Å²) in [7, 11) is 0. The summed E-state index contributed by atoms with van der Waals surface area (Å²) in [6.07, 6.45) is 0. The molecule has 1 aromatic rings. The minimum atomic E-state index is -0.517. The third kappa shape index (κ3) is 3.32. The van der Waals surface area contributed by atoms with Gasteiger partial charge < -0.3 is 11.1 Å². The van der Waals surface area contributed by atoms with Gasteiger partial charge in [-0.2, -0.15) is 0 Å². The summed E-state index contributed by atoms with van der Waals surface area (Å²) in [4.78, 5) is 11.2. The summed E-state index contributed by atoms with van der Waals surface area (Å²) < 4.78 is 13.0. The average Bonchev–Trinajstić information content (AvgIpc) is 2.15. The monoisotopic (exact) mass is 218 g/mol. The van der Waals surface area contributed by atoms with E-state index in [0.717, 1.165) is 0 Å². The molecule has 1 rings (SSSR count). The van der Waals surface area contributed by atoms with Crippen molar-refractivity contribution in [1.82, 2.24) is 5.32 Å². The van der Waals surface area contributed by atoms with Crippen LogP contribution in [0.1, 0.15) is 10.4 Å². The number of nitrogens with two attached hydrogens (primary N) is 1. The van der Waals surface area contributed by atoms with Crippen molar-refractivity contribution in [3.63, 3.8) is 0 Å². The van der Waals surface area contributed by atoms with Crippen molar-refractivity contribution in [2.75, 3.05) is 13.1 Å². The first-order chi connectivity index (χ1) is 6.25. The lowest BCUT2D eigenvalue weighted by Crippen LogP contribution is -2.29. The van der Waals surface area contributed by atoms with Crippen LogP contribution < -0.4 is 11.1 Å². The zero-order chi connectivity index (χ0) is 9.68. The number of amides is 1. The van der Waals surface area contributed by atoms with Crippen LogP contribution in [0.4, 0.5) is 4.39 Å². The zero-order valence-electron chi connectivity index (χ0n) is 7.50. The molecular formula is C9H12ClFN2O. The smallest absolute Gasteiger partial charge is 0.254 e. The van der Waals surface area contributed by atoms with E-state index in [4.69, 9.17) is 5.73 Å². The third-order valence-electron chi connectivity index (χ3n) is 1.55. The second kappa shape index (κ2) is 6.34. The zero-order valence-corrected chi connectivity index (χ0v) is 8.31. The first-order valence-corrected chi connectivity index (χ1v) is 3.98. The first-order valence-electron chi connectivity index (χ1n) is 3.98. The van der Waals surface area contributed by atoms with Crippen molar-refractivity contribution in [1.29, 1.82) is 0 Å². The molecule has 0 aromatic heterocycles. The Morgan fingerprint density at radius 2 is 2.07 bits per heavy atom. The highest BCUT2D eigenvalue weighted by Gasteiger charge is 2.08. The number of rotatable bonds is 3. The fourth-order valence-electron chi connectivity index (χ4n) is 0.926. The van der Waals surface area contributed by atoms with Gasteiger partial charge in [0, 0.05) is 13.1 Å². The van der Waals surface area contributed by atoms with Crippen molar-refractivity contribution in [2.24, 2.45) is 5.73 Å². The molecule has 0 saturated heterocycles. The second-order valence-corrected chi connectivity index (χ2v) is 2.52. The number of hydrogen-bond donors (Lipinski definition) is 2. The molecule has 0 radical (unpaired) electrons. The number of hydrogen-bond acceptors (Lipinski definition) is 2. The quantitative estimate of drug-likeness (QED) is 0.793. The van der Waals surface area contributed by atoms with E-state index < -0.39 is 11.7 Å². The lowest BCUT2D eigenvalue weighted by Gasteiger charge is -2.03. The van der Waals surface area contributed by atoms with Crippen LogP contribution in [0.5, 0.6) is 0 Å². The standard InChI is InChI=1S/C9H11FN2O.ClH/c10-8-4-2-1-3-7(8)9(13)12-6-5-11;/h1-4H,5-6,11H2,(H,12,13);1H. The molecule has 0 saturated carbocycles. The van der Waals surface area contributed by atoms with Crippen molar-refractivity contribution < 1.29 is 9.18 Å². The Bertz CT molecular complexity index is 307. The minimum absolute atomic E-state index is 0. The van der Waals surface area contributed by atoms with Gasteiger partial charge in [-0.15, -0.1) is 12.4 Å². The van der Waals surface area contributed by atoms with Crippen molar-refractivity contribution in [3.8, 4) is 0 Å². The summed E-state index contributed by atoms with van der Waals surface area (Å²) >= 11 is 0.